The van der Waals surface area contributed by atoms with Crippen LogP contribution in [0, 0.1) is 6.92 Å². The highest BCUT2D eigenvalue weighted by Crippen LogP contribution is 2.33. The molecule has 1 aromatic heterocycles. The molecule has 4 rings (SSSR count). The first-order valence-electron chi connectivity index (χ1n) is 9.40. The summed E-state index contributed by atoms with van der Waals surface area (Å²) < 4.78 is 10.9. The largest absolute Gasteiger partial charge is 0.507 e. The molecule has 4 aromatic rings. The van der Waals surface area contributed by atoms with Crippen LogP contribution in [0.5, 0.6) is 11.5 Å². The number of anilines is 1. The lowest BCUT2D eigenvalue weighted by Gasteiger charge is -2.11. The third-order valence-electron chi connectivity index (χ3n) is 4.61. The molecular weight excluding hydrogens is 414 g/mol. The Labute approximate surface area is 183 Å². The number of aryl methyl sites for hydroxylation is 1. The van der Waals surface area contributed by atoms with E-state index in [1.807, 2.05) is 25.1 Å². The lowest BCUT2D eigenvalue weighted by atomic mass is 10.2. The maximum Gasteiger partial charge on any atom is 0.257 e. The molecule has 0 saturated heterocycles. The van der Waals surface area contributed by atoms with Crippen molar-refractivity contribution in [1.82, 2.24) is 10.3 Å². The number of fused-ring (bicyclic) bond motifs is 1. The fourth-order valence-corrected chi connectivity index (χ4v) is 3.23. The third-order valence-corrected chi connectivity index (χ3v) is 4.81. The zero-order chi connectivity index (χ0) is 22.0. The first-order valence-corrected chi connectivity index (χ1v) is 9.81. The van der Waals surface area contributed by atoms with E-state index < -0.39 is 0 Å². The average molecular weight is 433 g/mol. The molecule has 0 radical (unpaired) electrons. The van der Waals surface area contributed by atoms with Crippen molar-refractivity contribution in [2.45, 2.75) is 6.92 Å². The Kier molecular flexibility index (Phi) is 5.55. The number of nitrogens with zero attached hydrogens (tertiary/aromatic N) is 1. The number of rotatable bonds is 4. The molecule has 156 valence electrons. The fourth-order valence-electron chi connectivity index (χ4n) is 3.02. The maximum absolute atomic E-state index is 12.3. The number of phenols is 1. The molecule has 3 N–H and O–H groups in total. The Morgan fingerprint density at radius 1 is 1.10 bits per heavy atom. The number of hydrogen-bond acceptors (Lipinski definition) is 6. The van der Waals surface area contributed by atoms with Crippen molar-refractivity contribution in [3.05, 3.63) is 71.8 Å². The van der Waals surface area contributed by atoms with Crippen molar-refractivity contribution in [3.63, 3.8) is 0 Å². The summed E-state index contributed by atoms with van der Waals surface area (Å²) in [5, 5.41) is 16.0. The van der Waals surface area contributed by atoms with Gasteiger partial charge in [0.2, 0.25) is 5.89 Å². The topological polar surface area (TPSA) is 96.6 Å². The summed E-state index contributed by atoms with van der Waals surface area (Å²) in [6.45, 7) is 1.97. The Balaban J connectivity index is 1.45. The molecule has 0 spiro atoms. The molecule has 0 atom stereocenters. The number of aromatic hydroxyl groups is 1. The molecule has 0 bridgehead atoms. The van der Waals surface area contributed by atoms with Gasteiger partial charge in [-0.3, -0.25) is 10.1 Å². The molecule has 0 saturated carbocycles. The number of thiocarbonyl (C=S) groups is 1. The monoisotopic (exact) mass is 433 g/mol. The summed E-state index contributed by atoms with van der Waals surface area (Å²) >= 11 is 5.21. The van der Waals surface area contributed by atoms with E-state index in [1.165, 1.54) is 6.07 Å². The number of nitrogens with one attached hydrogen (secondary N) is 2. The molecule has 3 aromatic carbocycles. The van der Waals surface area contributed by atoms with Gasteiger partial charge in [-0.05, 0) is 73.2 Å². The van der Waals surface area contributed by atoms with Crippen molar-refractivity contribution in [2.75, 3.05) is 12.4 Å². The van der Waals surface area contributed by atoms with Crippen molar-refractivity contribution >= 4 is 40.0 Å². The molecule has 0 unspecified atom stereocenters. The molecule has 7 nitrogen and oxygen atoms in total. The van der Waals surface area contributed by atoms with Crippen LogP contribution in [0.2, 0.25) is 0 Å². The second-order valence-electron chi connectivity index (χ2n) is 6.86. The van der Waals surface area contributed by atoms with Crippen molar-refractivity contribution in [1.29, 1.82) is 0 Å². The predicted molar refractivity (Wildman–Crippen MR) is 123 cm³/mol. The van der Waals surface area contributed by atoms with Gasteiger partial charge in [-0.1, -0.05) is 6.07 Å². The maximum atomic E-state index is 12.3. The zero-order valence-corrected chi connectivity index (χ0v) is 17.6. The minimum Gasteiger partial charge on any atom is -0.507 e. The lowest BCUT2D eigenvalue weighted by Crippen LogP contribution is -2.34. The summed E-state index contributed by atoms with van der Waals surface area (Å²) in [6, 6.07) is 17.2. The summed E-state index contributed by atoms with van der Waals surface area (Å²) in [6.07, 6.45) is 0. The fraction of sp³-hybridized carbons (Fsp3) is 0.0870. The SMILES string of the molecule is COc1ccc(C(=O)NC(=S)Nc2ccc(-c3nc4ccc(C)cc4o3)c(O)c2)cc1. The highest BCUT2D eigenvalue weighted by molar-refractivity contribution is 7.80. The standard InChI is InChI=1S/C23H19N3O4S/c1-13-3-10-18-20(11-13)30-22(25-18)17-9-6-15(12-19(17)27)24-23(31)26-21(28)14-4-7-16(29-2)8-5-14/h3-12,27H,1-2H3,(H2,24,26,28,31). The van der Waals surface area contributed by atoms with Gasteiger partial charge < -0.3 is 19.6 Å². The van der Waals surface area contributed by atoms with Crippen molar-refractivity contribution in [2.24, 2.45) is 0 Å². The van der Waals surface area contributed by atoms with E-state index in [9.17, 15) is 9.90 Å². The van der Waals surface area contributed by atoms with Gasteiger partial charge >= 0.3 is 0 Å². The predicted octanol–water partition coefficient (Wildman–Crippen LogP) is 4.64. The first kappa shape index (κ1) is 20.4. The van der Waals surface area contributed by atoms with Crippen molar-refractivity contribution < 1.29 is 19.1 Å². The van der Waals surface area contributed by atoms with Gasteiger partial charge in [-0.25, -0.2) is 4.98 Å². The smallest absolute Gasteiger partial charge is 0.257 e. The number of methoxy groups -OCH3 is 1. The summed E-state index contributed by atoms with van der Waals surface area (Å²) in [5.74, 6) is 0.585. The average Bonchev–Trinajstić information content (AvgIpc) is 3.16. The normalized spacial score (nSPS) is 10.6. The quantitative estimate of drug-likeness (QED) is 0.403. The lowest BCUT2D eigenvalue weighted by molar-refractivity contribution is 0.0977. The van der Waals surface area contributed by atoms with E-state index in [-0.39, 0.29) is 16.8 Å². The Morgan fingerprint density at radius 3 is 2.58 bits per heavy atom. The van der Waals surface area contributed by atoms with Gasteiger partial charge in [0.05, 0.1) is 12.7 Å². The number of phenolic OH excluding ortho intramolecular Hbond substituents is 1. The van der Waals surface area contributed by atoms with E-state index in [4.69, 9.17) is 21.4 Å². The molecule has 1 heterocycles. The number of oxazole rings is 1. The first-order chi connectivity index (χ1) is 14.9. The third kappa shape index (κ3) is 4.49. The Morgan fingerprint density at radius 2 is 1.87 bits per heavy atom. The van der Waals surface area contributed by atoms with Crippen molar-refractivity contribution in [3.8, 4) is 23.0 Å². The second-order valence-corrected chi connectivity index (χ2v) is 7.27. The van der Waals surface area contributed by atoms with E-state index in [0.29, 0.717) is 39.6 Å². The van der Waals surface area contributed by atoms with Crippen LogP contribution < -0.4 is 15.4 Å². The number of carbonyl (C=O) groups excluding carboxylic acids is 1. The van der Waals surface area contributed by atoms with E-state index >= 15 is 0 Å². The van der Waals surface area contributed by atoms with Crippen LogP contribution in [-0.4, -0.2) is 28.2 Å². The molecule has 0 fully saturated rings. The number of hydrogen-bond donors (Lipinski definition) is 3. The van der Waals surface area contributed by atoms with Gasteiger partial charge in [0.1, 0.15) is 17.0 Å². The number of benzene rings is 3. The van der Waals surface area contributed by atoms with Crippen LogP contribution in [0.3, 0.4) is 0 Å². The van der Waals surface area contributed by atoms with Crippen LogP contribution in [0.15, 0.2) is 65.1 Å². The van der Waals surface area contributed by atoms with Crippen LogP contribution in [-0.2, 0) is 0 Å². The summed E-state index contributed by atoms with van der Waals surface area (Å²) in [7, 11) is 1.56. The molecule has 1 amide bonds. The van der Waals surface area contributed by atoms with E-state index in [2.05, 4.69) is 15.6 Å². The molecule has 0 aliphatic heterocycles. The summed E-state index contributed by atoms with van der Waals surface area (Å²) in [5.41, 5.74) is 3.82. The Hall–Kier alpha value is -3.91. The molecule has 31 heavy (non-hydrogen) atoms. The number of amides is 1. The minimum absolute atomic E-state index is 0.0300. The van der Waals surface area contributed by atoms with Crippen LogP contribution >= 0.6 is 12.2 Å². The second kappa shape index (κ2) is 8.45. The minimum atomic E-state index is -0.359. The van der Waals surface area contributed by atoms with Crippen LogP contribution in [0.4, 0.5) is 5.69 Å². The van der Waals surface area contributed by atoms with Gasteiger partial charge in [0.25, 0.3) is 5.91 Å². The number of carbonyl (C=O) groups is 1. The highest BCUT2D eigenvalue weighted by Gasteiger charge is 2.14. The molecule has 0 aliphatic rings. The van der Waals surface area contributed by atoms with Gasteiger partial charge in [0, 0.05) is 17.3 Å². The number of aromatic nitrogens is 1. The van der Waals surface area contributed by atoms with Gasteiger partial charge in [-0.15, -0.1) is 0 Å². The number of ether oxygens (including phenoxy) is 1. The Bertz CT molecular complexity index is 1280. The molecular formula is C23H19N3O4S. The summed E-state index contributed by atoms with van der Waals surface area (Å²) in [4.78, 5) is 16.7. The van der Waals surface area contributed by atoms with Crippen LogP contribution in [0.1, 0.15) is 15.9 Å². The van der Waals surface area contributed by atoms with E-state index in [0.717, 1.165) is 5.56 Å². The molecule has 8 heteroatoms. The van der Waals surface area contributed by atoms with Gasteiger partial charge in [-0.2, -0.15) is 0 Å². The van der Waals surface area contributed by atoms with Crippen LogP contribution in [0.25, 0.3) is 22.6 Å². The van der Waals surface area contributed by atoms with Gasteiger partial charge in [0.15, 0.2) is 10.7 Å². The zero-order valence-electron chi connectivity index (χ0n) is 16.8. The highest BCUT2D eigenvalue weighted by atomic mass is 32.1. The van der Waals surface area contributed by atoms with E-state index in [1.54, 1.807) is 43.5 Å². The molecule has 0 aliphatic carbocycles.